The third-order valence-electron chi connectivity index (χ3n) is 11.2. The smallest absolute Gasteiger partial charge is 0.130 e. The molecular formula is C51H46FIrN3OSi-2. The summed E-state index contributed by atoms with van der Waals surface area (Å²) in [7, 11) is -1.39. The number of nitrogens with zero attached hydrogens (tertiary/aromatic N) is 3. The molecule has 0 unspecified atom stereocenters. The first-order valence-corrected chi connectivity index (χ1v) is 22.8. The first kappa shape index (κ1) is 35.9. The van der Waals surface area contributed by atoms with Crippen LogP contribution in [0.2, 0.25) is 25.2 Å². The molecule has 293 valence electrons. The van der Waals surface area contributed by atoms with Crippen molar-refractivity contribution in [2.45, 2.75) is 77.0 Å². The number of benzene rings is 5. The molecule has 0 bridgehead atoms. The Hall–Kier alpha value is -5.25. The zero-order valence-electron chi connectivity index (χ0n) is 37.3. The Morgan fingerprint density at radius 3 is 2.31 bits per heavy atom. The van der Waals surface area contributed by atoms with Crippen molar-refractivity contribution in [1.29, 1.82) is 5.26 Å². The van der Waals surface area contributed by atoms with Crippen LogP contribution >= 0.6 is 0 Å². The van der Waals surface area contributed by atoms with Gasteiger partial charge in [-0.3, -0.25) is 4.39 Å². The van der Waals surface area contributed by atoms with Crippen LogP contribution in [0.25, 0.3) is 66.4 Å². The summed E-state index contributed by atoms with van der Waals surface area (Å²) in [6.07, 6.45) is 4.58. The van der Waals surface area contributed by atoms with E-state index in [9.17, 15) is 11.0 Å². The number of aromatic nitrogens is 2. The molecule has 1 radical (unpaired) electrons. The fraction of sp³-hybridized carbons (Fsp3) is 0.235. The van der Waals surface area contributed by atoms with Crippen LogP contribution in [-0.2, 0) is 25.5 Å². The molecule has 0 N–H and O–H groups in total. The van der Waals surface area contributed by atoms with E-state index in [1.54, 1.807) is 12.1 Å². The Morgan fingerprint density at radius 2 is 1.62 bits per heavy atom. The largest absolute Gasteiger partial charge is 0.500 e. The number of halogens is 1. The molecule has 1 aliphatic rings. The van der Waals surface area contributed by atoms with Crippen molar-refractivity contribution < 1.29 is 34.4 Å². The van der Waals surface area contributed by atoms with E-state index in [4.69, 9.17) is 8.53 Å². The van der Waals surface area contributed by atoms with Gasteiger partial charge in [0.2, 0.25) is 0 Å². The molecule has 0 aliphatic carbocycles. The molecular weight excluding hydrogens is 910 g/mol. The van der Waals surface area contributed by atoms with E-state index in [0.29, 0.717) is 46.4 Å². The Balaban J connectivity index is 0.000000270. The predicted octanol–water partition coefficient (Wildman–Crippen LogP) is 14.0. The van der Waals surface area contributed by atoms with Gasteiger partial charge in [0.1, 0.15) is 5.58 Å². The molecule has 9 rings (SSSR count). The molecule has 4 heterocycles. The quantitative estimate of drug-likeness (QED) is 0.130. The SMILES string of the molecule is CC(C)(C)c1ccc(-c2[c-]cc(F)cc2)nc1.[2H]C([2H])([2H])c1cnc(-c2[c-]ccc3c2oc2c(-c4ccc5ccccc5c4)c(C#N)ccc23)cc1C1([2H])CC[Si](C)(C)CC1.[Ir]. The number of pyridine rings is 2. The molecule has 0 spiro atoms. The van der Waals surface area contributed by atoms with Crippen LogP contribution in [0.1, 0.15) is 67.2 Å². The van der Waals surface area contributed by atoms with E-state index in [1.165, 1.54) is 23.9 Å². The maximum Gasteiger partial charge on any atom is 0.130 e. The second kappa shape index (κ2) is 16.5. The van der Waals surface area contributed by atoms with Gasteiger partial charge in [-0.05, 0) is 87.5 Å². The summed E-state index contributed by atoms with van der Waals surface area (Å²) in [6.45, 7) is 8.75. The van der Waals surface area contributed by atoms with Crippen LogP contribution in [0.5, 0.6) is 0 Å². The van der Waals surface area contributed by atoms with Gasteiger partial charge in [0, 0.05) is 62.8 Å². The van der Waals surface area contributed by atoms with Crippen LogP contribution in [0.4, 0.5) is 4.39 Å². The minimum Gasteiger partial charge on any atom is -0.500 e. The van der Waals surface area contributed by atoms with E-state index < -0.39 is 20.8 Å². The molecule has 7 heteroatoms. The van der Waals surface area contributed by atoms with Crippen molar-refractivity contribution in [1.82, 2.24) is 9.97 Å². The molecule has 1 saturated heterocycles. The Morgan fingerprint density at radius 1 is 0.862 bits per heavy atom. The zero-order valence-corrected chi connectivity index (χ0v) is 36.7. The van der Waals surface area contributed by atoms with Crippen LogP contribution < -0.4 is 0 Å². The number of furan rings is 1. The molecule has 0 amide bonds. The summed E-state index contributed by atoms with van der Waals surface area (Å²) in [5.74, 6) is -1.27. The summed E-state index contributed by atoms with van der Waals surface area (Å²) in [5, 5.41) is 14.0. The van der Waals surface area contributed by atoms with E-state index in [0.717, 1.165) is 56.0 Å². The summed E-state index contributed by atoms with van der Waals surface area (Å²) in [6, 6.07) is 42.5. The average molecular weight is 960 g/mol. The van der Waals surface area contributed by atoms with Crippen LogP contribution in [0.15, 0.2) is 120 Å². The van der Waals surface area contributed by atoms with Crippen LogP contribution in [0, 0.1) is 36.1 Å². The van der Waals surface area contributed by atoms with Gasteiger partial charge in [0.25, 0.3) is 0 Å². The van der Waals surface area contributed by atoms with Gasteiger partial charge in [-0.2, -0.15) is 5.26 Å². The first-order chi connectivity index (χ1) is 28.9. The Kier molecular flexibility index (Phi) is 10.2. The summed E-state index contributed by atoms with van der Waals surface area (Å²) < 4.78 is 53.6. The molecule has 3 aromatic heterocycles. The number of rotatable bonds is 4. The van der Waals surface area contributed by atoms with Crippen molar-refractivity contribution in [2.24, 2.45) is 0 Å². The number of fused-ring (bicyclic) bond motifs is 4. The second-order valence-corrected chi connectivity index (χ2v) is 22.1. The maximum absolute atomic E-state index is 12.8. The van der Waals surface area contributed by atoms with E-state index in [-0.39, 0.29) is 36.9 Å². The minimum atomic E-state index is -2.38. The van der Waals surface area contributed by atoms with Gasteiger partial charge in [-0.25, -0.2) is 0 Å². The molecule has 1 fully saturated rings. The molecule has 0 saturated carbocycles. The van der Waals surface area contributed by atoms with Crippen LogP contribution in [0.3, 0.4) is 0 Å². The number of aryl methyl sites for hydroxylation is 1. The van der Waals surface area contributed by atoms with Crippen molar-refractivity contribution in [3.05, 3.63) is 156 Å². The standard InChI is InChI=1S/C36H31N2OSi.C15H15FN.Ir/c1-23-22-38-33(20-32(23)25-15-17-40(2,3)18-16-25)31-10-6-9-29-30-14-13-28(21-37)34(36(30)39-35(29)31)27-12-11-24-7-4-5-8-26(24)19-27;1-15(2,3)12-6-9-14(17-10-12)11-4-7-13(16)8-5-11;/h4-9,11-14,19-20,22,25H,15-18H2,1-3H3;4,6-10H,1-3H3;/q2*-1;/i1D3,25D;;. The molecule has 8 aromatic rings. The van der Waals surface area contributed by atoms with Gasteiger partial charge in [-0.1, -0.05) is 118 Å². The van der Waals surface area contributed by atoms with E-state index >= 15 is 0 Å². The van der Waals surface area contributed by atoms with Crippen molar-refractivity contribution in [3.8, 4) is 39.7 Å². The molecule has 0 atom stereocenters. The van der Waals surface area contributed by atoms with Gasteiger partial charge < -0.3 is 14.4 Å². The Labute approximate surface area is 361 Å². The van der Waals surface area contributed by atoms with Crippen molar-refractivity contribution in [2.75, 3.05) is 0 Å². The third-order valence-corrected chi connectivity index (χ3v) is 14.4. The van der Waals surface area contributed by atoms with Gasteiger partial charge in [-0.15, -0.1) is 48.0 Å². The van der Waals surface area contributed by atoms with Crippen LogP contribution in [-0.4, -0.2) is 18.0 Å². The first-order valence-electron chi connectivity index (χ1n) is 21.4. The van der Waals surface area contributed by atoms with Crippen molar-refractivity contribution >= 4 is 40.8 Å². The van der Waals surface area contributed by atoms with Gasteiger partial charge >= 0.3 is 0 Å². The minimum absolute atomic E-state index is 0. The number of hydrogen-bond acceptors (Lipinski definition) is 4. The predicted molar refractivity (Wildman–Crippen MR) is 234 cm³/mol. The summed E-state index contributed by atoms with van der Waals surface area (Å²) in [4.78, 5) is 9.01. The second-order valence-electron chi connectivity index (χ2n) is 16.7. The van der Waals surface area contributed by atoms with Gasteiger partial charge in [0.15, 0.2) is 0 Å². The fourth-order valence-corrected chi connectivity index (χ4v) is 9.87. The average Bonchev–Trinajstić information content (AvgIpc) is 3.63. The fourth-order valence-electron chi connectivity index (χ4n) is 7.66. The Bertz CT molecular complexity index is 2960. The third kappa shape index (κ3) is 8.34. The normalized spacial score (nSPS) is 15.9. The summed E-state index contributed by atoms with van der Waals surface area (Å²) >= 11 is 0. The van der Waals surface area contributed by atoms with E-state index in [2.05, 4.69) is 92.4 Å². The summed E-state index contributed by atoms with van der Waals surface area (Å²) in [5.41, 5.74) is 8.01. The van der Waals surface area contributed by atoms with Crippen molar-refractivity contribution in [3.63, 3.8) is 0 Å². The van der Waals surface area contributed by atoms with E-state index in [1.807, 2.05) is 54.7 Å². The number of nitriles is 1. The molecule has 58 heavy (non-hydrogen) atoms. The molecule has 4 nitrogen and oxygen atoms in total. The monoisotopic (exact) mass is 960 g/mol. The zero-order chi connectivity index (χ0) is 43.3. The van der Waals surface area contributed by atoms with Gasteiger partial charge in [0.05, 0.1) is 17.2 Å². The molecule has 1 aliphatic heterocycles. The number of hydrogen-bond donors (Lipinski definition) is 0. The maximum atomic E-state index is 12.8. The molecule has 5 aromatic carbocycles. The topological polar surface area (TPSA) is 62.7 Å².